The zero-order valence-electron chi connectivity index (χ0n) is 11.8. The van der Waals surface area contributed by atoms with Crippen LogP contribution in [0.3, 0.4) is 0 Å². The molecule has 0 atom stereocenters. The van der Waals surface area contributed by atoms with Crippen LogP contribution in [0.1, 0.15) is 15.9 Å². The molecule has 2 aromatic carbocycles. The number of carbonyl (C=O) groups excluding carboxylic acids is 1. The van der Waals surface area contributed by atoms with Gasteiger partial charge in [0.15, 0.2) is 5.78 Å². The van der Waals surface area contributed by atoms with Crippen LogP contribution in [0.4, 0.5) is 5.69 Å². The molecular formula is C16H14ClNO3S. The highest BCUT2D eigenvalue weighted by atomic mass is 35.5. The number of rotatable bonds is 5. The number of sulfonamides is 1. The summed E-state index contributed by atoms with van der Waals surface area (Å²) in [5.74, 6) is -0.166. The van der Waals surface area contributed by atoms with Crippen LogP contribution >= 0.6 is 11.6 Å². The molecule has 114 valence electrons. The van der Waals surface area contributed by atoms with Crippen LogP contribution < -0.4 is 4.72 Å². The average Bonchev–Trinajstić information content (AvgIpc) is 2.45. The highest BCUT2D eigenvalue weighted by molar-refractivity contribution is 7.92. The minimum Gasteiger partial charge on any atom is -0.289 e. The monoisotopic (exact) mass is 335 g/mol. The molecule has 1 N–H and O–H groups in total. The second-order valence-electron chi connectivity index (χ2n) is 4.70. The molecule has 0 aliphatic heterocycles. The van der Waals surface area contributed by atoms with E-state index in [4.69, 9.17) is 11.6 Å². The quantitative estimate of drug-likeness (QED) is 0.670. The number of nitrogens with one attached hydrogen (secondary N) is 1. The van der Waals surface area contributed by atoms with E-state index in [0.29, 0.717) is 16.3 Å². The van der Waals surface area contributed by atoms with Crippen LogP contribution in [0.15, 0.2) is 54.6 Å². The van der Waals surface area contributed by atoms with Crippen molar-refractivity contribution < 1.29 is 13.2 Å². The van der Waals surface area contributed by atoms with Crippen molar-refractivity contribution in [2.45, 2.75) is 0 Å². The van der Waals surface area contributed by atoms with Crippen molar-refractivity contribution >= 4 is 39.2 Å². The topological polar surface area (TPSA) is 63.2 Å². The molecule has 0 fully saturated rings. The predicted molar refractivity (Wildman–Crippen MR) is 89.7 cm³/mol. The van der Waals surface area contributed by atoms with Crippen molar-refractivity contribution in [1.29, 1.82) is 0 Å². The Morgan fingerprint density at radius 2 is 1.64 bits per heavy atom. The summed E-state index contributed by atoms with van der Waals surface area (Å²) in [5, 5.41) is 0.637. The summed E-state index contributed by atoms with van der Waals surface area (Å²) in [5.41, 5.74) is 1.76. The first-order chi connectivity index (χ1) is 10.3. The summed E-state index contributed by atoms with van der Waals surface area (Å²) in [6.07, 6.45) is 4.23. The van der Waals surface area contributed by atoms with Crippen molar-refractivity contribution in [2.75, 3.05) is 11.0 Å². The van der Waals surface area contributed by atoms with E-state index in [0.717, 1.165) is 11.8 Å². The van der Waals surface area contributed by atoms with Gasteiger partial charge in [0, 0.05) is 16.3 Å². The van der Waals surface area contributed by atoms with Crippen LogP contribution in [0.5, 0.6) is 0 Å². The highest BCUT2D eigenvalue weighted by Crippen LogP contribution is 2.13. The molecule has 0 amide bonds. The van der Waals surface area contributed by atoms with Crippen molar-refractivity contribution in [1.82, 2.24) is 0 Å². The highest BCUT2D eigenvalue weighted by Gasteiger charge is 2.04. The normalized spacial score (nSPS) is 11.5. The van der Waals surface area contributed by atoms with E-state index in [2.05, 4.69) is 4.72 Å². The van der Waals surface area contributed by atoms with Crippen LogP contribution in [-0.2, 0) is 10.0 Å². The van der Waals surface area contributed by atoms with E-state index in [-0.39, 0.29) is 5.78 Å². The summed E-state index contributed by atoms with van der Waals surface area (Å²) >= 11 is 5.79. The van der Waals surface area contributed by atoms with Crippen molar-refractivity contribution in [2.24, 2.45) is 0 Å². The molecule has 0 radical (unpaired) electrons. The molecule has 0 bridgehead atoms. The molecule has 2 rings (SSSR count). The first kappa shape index (κ1) is 16.3. The van der Waals surface area contributed by atoms with Gasteiger partial charge in [-0.15, -0.1) is 0 Å². The largest absolute Gasteiger partial charge is 0.289 e. The maximum atomic E-state index is 12.0. The fourth-order valence-corrected chi connectivity index (χ4v) is 2.45. The Labute approximate surface area is 134 Å². The lowest BCUT2D eigenvalue weighted by atomic mass is 10.1. The van der Waals surface area contributed by atoms with Crippen molar-refractivity contribution in [3.63, 3.8) is 0 Å². The van der Waals surface area contributed by atoms with E-state index in [1.807, 2.05) is 12.1 Å². The summed E-state index contributed by atoms with van der Waals surface area (Å²) in [4.78, 5) is 12.0. The lowest BCUT2D eigenvalue weighted by Crippen LogP contribution is -2.09. The third-order valence-corrected chi connectivity index (χ3v) is 3.63. The predicted octanol–water partition coefficient (Wildman–Crippen LogP) is 3.61. The van der Waals surface area contributed by atoms with Gasteiger partial charge in [-0.05, 0) is 48.0 Å². The Bertz CT molecular complexity index is 794. The van der Waals surface area contributed by atoms with Gasteiger partial charge in [-0.25, -0.2) is 8.42 Å². The number of carbonyl (C=O) groups is 1. The van der Waals surface area contributed by atoms with Gasteiger partial charge >= 0.3 is 0 Å². The van der Waals surface area contributed by atoms with Crippen LogP contribution in [0, 0.1) is 0 Å². The number of anilines is 1. The third-order valence-electron chi connectivity index (χ3n) is 2.77. The van der Waals surface area contributed by atoms with Crippen LogP contribution in [-0.4, -0.2) is 20.5 Å². The fraction of sp³-hybridized carbons (Fsp3) is 0.0625. The summed E-state index contributed by atoms with van der Waals surface area (Å²) in [7, 11) is -3.32. The van der Waals surface area contributed by atoms with E-state index < -0.39 is 10.0 Å². The Kier molecular flexibility index (Phi) is 5.00. The molecule has 0 aromatic heterocycles. The Balaban J connectivity index is 2.08. The Hall–Kier alpha value is -2.11. The molecule has 0 saturated carbocycles. The molecule has 0 aliphatic carbocycles. The summed E-state index contributed by atoms with van der Waals surface area (Å²) in [6, 6.07) is 13.4. The molecule has 2 aromatic rings. The van der Waals surface area contributed by atoms with E-state index >= 15 is 0 Å². The molecular weight excluding hydrogens is 322 g/mol. The van der Waals surface area contributed by atoms with Gasteiger partial charge in [-0.2, -0.15) is 0 Å². The molecule has 6 heteroatoms. The standard InChI is InChI=1S/C16H14ClNO3S/c1-22(20,21)18-15-9-5-13(6-10-15)16(19)11-4-12-2-7-14(17)8-3-12/h2-11,18H,1H3. The van der Waals surface area contributed by atoms with Gasteiger partial charge in [0.2, 0.25) is 10.0 Å². The number of ketones is 1. The molecule has 22 heavy (non-hydrogen) atoms. The van der Waals surface area contributed by atoms with Gasteiger partial charge in [-0.1, -0.05) is 29.8 Å². The third kappa shape index (κ3) is 5.02. The number of hydrogen-bond acceptors (Lipinski definition) is 3. The minimum absolute atomic E-state index is 0.166. The zero-order chi connectivity index (χ0) is 16.2. The van der Waals surface area contributed by atoms with Crippen molar-refractivity contribution in [3.8, 4) is 0 Å². The van der Waals surface area contributed by atoms with Gasteiger partial charge in [0.1, 0.15) is 0 Å². The smallest absolute Gasteiger partial charge is 0.229 e. The second-order valence-corrected chi connectivity index (χ2v) is 6.89. The molecule has 0 unspecified atom stereocenters. The summed E-state index contributed by atoms with van der Waals surface area (Å²) < 4.78 is 24.5. The maximum absolute atomic E-state index is 12.0. The first-order valence-electron chi connectivity index (χ1n) is 6.39. The summed E-state index contributed by atoms with van der Waals surface area (Å²) in [6.45, 7) is 0. The minimum atomic E-state index is -3.32. The molecule has 4 nitrogen and oxygen atoms in total. The van der Waals surface area contributed by atoms with Gasteiger partial charge in [0.05, 0.1) is 6.26 Å². The number of hydrogen-bond donors (Lipinski definition) is 1. The molecule has 0 heterocycles. The zero-order valence-corrected chi connectivity index (χ0v) is 13.4. The Morgan fingerprint density at radius 3 is 2.18 bits per heavy atom. The maximum Gasteiger partial charge on any atom is 0.229 e. The average molecular weight is 336 g/mol. The van der Waals surface area contributed by atoms with Crippen LogP contribution in [0.2, 0.25) is 5.02 Å². The molecule has 0 aliphatic rings. The van der Waals surface area contributed by atoms with E-state index in [1.54, 1.807) is 42.5 Å². The van der Waals surface area contributed by atoms with E-state index in [9.17, 15) is 13.2 Å². The fourth-order valence-electron chi connectivity index (χ4n) is 1.76. The molecule has 0 saturated heterocycles. The number of benzene rings is 2. The second kappa shape index (κ2) is 6.77. The van der Waals surface area contributed by atoms with Crippen LogP contribution in [0.25, 0.3) is 6.08 Å². The first-order valence-corrected chi connectivity index (χ1v) is 8.66. The Morgan fingerprint density at radius 1 is 1.05 bits per heavy atom. The molecule has 0 spiro atoms. The number of halogens is 1. The van der Waals surface area contributed by atoms with E-state index in [1.165, 1.54) is 6.08 Å². The van der Waals surface area contributed by atoms with Gasteiger partial charge < -0.3 is 0 Å². The lowest BCUT2D eigenvalue weighted by molar-refractivity contribution is 0.104. The van der Waals surface area contributed by atoms with Crippen molar-refractivity contribution in [3.05, 3.63) is 70.8 Å². The van der Waals surface area contributed by atoms with Gasteiger partial charge in [0.25, 0.3) is 0 Å². The lowest BCUT2D eigenvalue weighted by Gasteiger charge is -2.03. The van der Waals surface area contributed by atoms with Gasteiger partial charge in [-0.3, -0.25) is 9.52 Å². The SMILES string of the molecule is CS(=O)(=O)Nc1ccc(C(=O)C=Cc2ccc(Cl)cc2)cc1. The number of allylic oxidation sites excluding steroid dienone is 1.